The van der Waals surface area contributed by atoms with Crippen molar-refractivity contribution in [3.05, 3.63) is 63.7 Å². The van der Waals surface area contributed by atoms with Crippen LogP contribution in [-0.4, -0.2) is 31.8 Å². The van der Waals surface area contributed by atoms with E-state index in [1.807, 2.05) is 0 Å². The summed E-state index contributed by atoms with van der Waals surface area (Å²) < 4.78 is 27.1. The third-order valence-corrected chi connectivity index (χ3v) is 5.57. The van der Waals surface area contributed by atoms with E-state index in [-0.39, 0.29) is 21.6 Å². The lowest BCUT2D eigenvalue weighted by Crippen LogP contribution is -2.42. The molecule has 27 heavy (non-hydrogen) atoms. The minimum atomic E-state index is -4.25. The second-order valence-corrected chi connectivity index (χ2v) is 8.21. The Hall–Kier alpha value is -2.65. The number of sulfonamides is 1. The molecular formula is C17H18ClN3O5S. The van der Waals surface area contributed by atoms with Crippen LogP contribution in [0.1, 0.15) is 13.8 Å². The van der Waals surface area contributed by atoms with Gasteiger partial charge >= 0.3 is 0 Å². The Morgan fingerprint density at radius 2 is 1.85 bits per heavy atom. The molecule has 0 aliphatic rings. The average molecular weight is 412 g/mol. The van der Waals surface area contributed by atoms with E-state index >= 15 is 0 Å². The fourth-order valence-electron chi connectivity index (χ4n) is 2.33. The van der Waals surface area contributed by atoms with E-state index in [4.69, 9.17) is 11.6 Å². The first-order valence-electron chi connectivity index (χ1n) is 7.94. The van der Waals surface area contributed by atoms with Crippen LogP contribution >= 0.6 is 11.6 Å². The lowest BCUT2D eigenvalue weighted by Gasteiger charge is -2.24. The van der Waals surface area contributed by atoms with Crippen molar-refractivity contribution in [3.8, 4) is 0 Å². The third-order valence-electron chi connectivity index (χ3n) is 3.48. The summed E-state index contributed by atoms with van der Waals surface area (Å²) in [5, 5.41) is 13.5. The standard InChI is InChI=1S/C17H18ClN3O5S/c1-12(2)19-17(22)11-20(13-6-4-3-5-7-13)27(25,26)14-8-9-15(18)16(10-14)21(23)24/h3-10,12H,11H2,1-2H3,(H,19,22). The van der Waals surface area contributed by atoms with Crippen LogP contribution in [0.2, 0.25) is 5.02 Å². The van der Waals surface area contributed by atoms with Crippen LogP contribution in [0.15, 0.2) is 53.4 Å². The molecule has 0 saturated heterocycles. The highest BCUT2D eigenvalue weighted by atomic mass is 35.5. The number of anilines is 1. The number of para-hydroxylation sites is 1. The van der Waals surface area contributed by atoms with Gasteiger partial charge in [-0.2, -0.15) is 0 Å². The molecule has 0 saturated carbocycles. The first kappa shape index (κ1) is 20.7. The van der Waals surface area contributed by atoms with Gasteiger partial charge in [0, 0.05) is 12.1 Å². The van der Waals surface area contributed by atoms with E-state index in [0.717, 1.165) is 16.4 Å². The normalized spacial score (nSPS) is 11.3. The molecule has 0 atom stereocenters. The fourth-order valence-corrected chi connectivity index (χ4v) is 3.96. The molecular weight excluding hydrogens is 394 g/mol. The fraction of sp³-hybridized carbons (Fsp3) is 0.235. The average Bonchev–Trinajstić information content (AvgIpc) is 2.59. The van der Waals surface area contributed by atoms with Gasteiger partial charge in [-0.1, -0.05) is 29.8 Å². The zero-order valence-electron chi connectivity index (χ0n) is 14.6. The van der Waals surface area contributed by atoms with Gasteiger partial charge in [0.2, 0.25) is 5.91 Å². The summed E-state index contributed by atoms with van der Waals surface area (Å²) in [5.74, 6) is -0.499. The second-order valence-electron chi connectivity index (χ2n) is 5.94. The van der Waals surface area contributed by atoms with E-state index < -0.39 is 33.1 Å². The van der Waals surface area contributed by atoms with Crippen molar-refractivity contribution in [1.29, 1.82) is 0 Å². The van der Waals surface area contributed by atoms with Crippen molar-refractivity contribution in [3.63, 3.8) is 0 Å². The van der Waals surface area contributed by atoms with Gasteiger partial charge in [-0.15, -0.1) is 0 Å². The lowest BCUT2D eigenvalue weighted by molar-refractivity contribution is -0.384. The number of benzene rings is 2. The summed E-state index contributed by atoms with van der Waals surface area (Å²) in [4.78, 5) is 22.2. The van der Waals surface area contributed by atoms with Gasteiger partial charge in [0.05, 0.1) is 15.5 Å². The molecule has 1 amide bonds. The molecule has 0 unspecified atom stereocenters. The summed E-state index contributed by atoms with van der Waals surface area (Å²) in [6.07, 6.45) is 0. The number of amides is 1. The van der Waals surface area contributed by atoms with Crippen molar-refractivity contribution in [2.24, 2.45) is 0 Å². The number of carbonyl (C=O) groups is 1. The maximum absolute atomic E-state index is 13.1. The van der Waals surface area contributed by atoms with Crippen LogP contribution in [0.5, 0.6) is 0 Å². The quantitative estimate of drug-likeness (QED) is 0.556. The van der Waals surface area contributed by atoms with Crippen LogP contribution in [0.3, 0.4) is 0 Å². The van der Waals surface area contributed by atoms with Crippen LogP contribution in [0, 0.1) is 10.1 Å². The van der Waals surface area contributed by atoms with Gasteiger partial charge in [-0.3, -0.25) is 19.2 Å². The molecule has 8 nitrogen and oxygen atoms in total. The molecule has 0 spiro atoms. The summed E-state index contributed by atoms with van der Waals surface area (Å²) in [5.41, 5.74) is -0.272. The molecule has 2 aromatic rings. The topological polar surface area (TPSA) is 110 Å². The Morgan fingerprint density at radius 3 is 2.41 bits per heavy atom. The Kier molecular flexibility index (Phi) is 6.40. The van der Waals surface area contributed by atoms with Crippen LogP contribution in [0.25, 0.3) is 0 Å². The Labute approximate surface area is 162 Å². The molecule has 0 aromatic heterocycles. The molecule has 144 valence electrons. The molecule has 0 radical (unpaired) electrons. The van der Waals surface area contributed by atoms with Gasteiger partial charge in [0.25, 0.3) is 15.7 Å². The Balaban J connectivity index is 2.52. The Morgan fingerprint density at radius 1 is 1.22 bits per heavy atom. The number of hydrogen-bond acceptors (Lipinski definition) is 5. The number of nitro groups is 1. The summed E-state index contributed by atoms with van der Waals surface area (Å²) in [6, 6.07) is 11.0. The Bertz CT molecular complexity index is 948. The highest BCUT2D eigenvalue weighted by Crippen LogP contribution is 2.30. The molecule has 1 N–H and O–H groups in total. The monoisotopic (exact) mass is 411 g/mol. The minimum Gasteiger partial charge on any atom is -0.352 e. The van der Waals surface area contributed by atoms with Gasteiger partial charge in [-0.05, 0) is 38.1 Å². The van der Waals surface area contributed by atoms with E-state index in [2.05, 4.69) is 5.32 Å². The van der Waals surface area contributed by atoms with E-state index in [0.29, 0.717) is 0 Å². The SMILES string of the molecule is CC(C)NC(=O)CN(c1ccccc1)S(=O)(=O)c1ccc(Cl)c([N+](=O)[O-])c1. The number of nitrogens with one attached hydrogen (secondary N) is 1. The van der Waals surface area contributed by atoms with Crippen molar-refractivity contribution in [2.75, 3.05) is 10.8 Å². The summed E-state index contributed by atoms with van der Waals surface area (Å²) in [6.45, 7) is 3.03. The molecule has 0 aliphatic carbocycles. The molecule has 0 bridgehead atoms. The van der Waals surface area contributed by atoms with Crippen LogP contribution < -0.4 is 9.62 Å². The molecule has 0 heterocycles. The van der Waals surface area contributed by atoms with E-state index in [9.17, 15) is 23.3 Å². The maximum atomic E-state index is 13.1. The molecule has 0 aliphatic heterocycles. The first-order valence-corrected chi connectivity index (χ1v) is 9.76. The zero-order chi connectivity index (χ0) is 20.2. The van der Waals surface area contributed by atoms with Gasteiger partial charge < -0.3 is 5.32 Å². The summed E-state index contributed by atoms with van der Waals surface area (Å²) in [7, 11) is -4.25. The number of nitrogens with zero attached hydrogens (tertiary/aromatic N) is 2. The van der Waals surface area contributed by atoms with Gasteiger partial charge in [-0.25, -0.2) is 8.42 Å². The lowest BCUT2D eigenvalue weighted by atomic mass is 10.3. The first-order chi connectivity index (χ1) is 12.6. The van der Waals surface area contributed by atoms with Crippen LogP contribution in [0.4, 0.5) is 11.4 Å². The van der Waals surface area contributed by atoms with E-state index in [1.54, 1.807) is 32.0 Å². The number of halogens is 1. The zero-order valence-corrected chi connectivity index (χ0v) is 16.2. The van der Waals surface area contributed by atoms with Crippen molar-refractivity contribution in [1.82, 2.24) is 5.32 Å². The number of nitro benzene ring substituents is 1. The molecule has 2 aromatic carbocycles. The van der Waals surface area contributed by atoms with Crippen molar-refractivity contribution >= 4 is 38.9 Å². The second kappa shape index (κ2) is 8.36. The molecule has 2 rings (SSSR count). The van der Waals surface area contributed by atoms with Gasteiger partial charge in [0.1, 0.15) is 11.6 Å². The van der Waals surface area contributed by atoms with E-state index in [1.165, 1.54) is 18.2 Å². The van der Waals surface area contributed by atoms with Crippen molar-refractivity contribution < 1.29 is 18.1 Å². The molecule has 0 fully saturated rings. The smallest absolute Gasteiger partial charge is 0.289 e. The molecule has 10 heteroatoms. The largest absolute Gasteiger partial charge is 0.352 e. The van der Waals surface area contributed by atoms with Crippen molar-refractivity contribution in [2.45, 2.75) is 24.8 Å². The predicted molar refractivity (Wildman–Crippen MR) is 102 cm³/mol. The van der Waals surface area contributed by atoms with Gasteiger partial charge in [0.15, 0.2) is 0 Å². The predicted octanol–water partition coefficient (Wildman–Crippen LogP) is 2.97. The summed E-state index contributed by atoms with van der Waals surface area (Å²) >= 11 is 5.77. The number of carbonyl (C=O) groups excluding carboxylic acids is 1. The highest BCUT2D eigenvalue weighted by molar-refractivity contribution is 7.92. The maximum Gasteiger partial charge on any atom is 0.289 e. The highest BCUT2D eigenvalue weighted by Gasteiger charge is 2.29. The minimum absolute atomic E-state index is 0.172. The third kappa shape index (κ3) is 4.95. The number of hydrogen-bond donors (Lipinski definition) is 1. The number of rotatable bonds is 7. The van der Waals surface area contributed by atoms with Crippen LogP contribution in [-0.2, 0) is 14.8 Å².